The molecule has 108 valence electrons. The van der Waals surface area contributed by atoms with Gasteiger partial charge >= 0.3 is 5.97 Å². The van der Waals surface area contributed by atoms with E-state index < -0.39 is 5.97 Å². The second-order valence-electron chi connectivity index (χ2n) is 3.71. The van der Waals surface area contributed by atoms with Gasteiger partial charge in [-0.25, -0.2) is 4.79 Å². The van der Waals surface area contributed by atoms with Gasteiger partial charge in [-0.3, -0.25) is 0 Å². The van der Waals surface area contributed by atoms with Crippen LogP contribution in [-0.2, 0) is 15.3 Å². The summed E-state index contributed by atoms with van der Waals surface area (Å²) in [5.74, 6) is 0.0881. The molecule has 2 aromatic rings. The Morgan fingerprint density at radius 1 is 1.62 bits per heavy atom. The molecule has 0 aliphatic rings. The van der Waals surface area contributed by atoms with Gasteiger partial charge in [0.2, 0.25) is 5.13 Å². The third-order valence-electron chi connectivity index (χ3n) is 2.27. The predicted octanol–water partition coefficient (Wildman–Crippen LogP) is 2.55. The topological polar surface area (TPSA) is 102 Å². The molecular formula is C12H10N4O2S3. The average molecular weight is 338 g/mol. The number of ether oxygens (including phenoxy) is 1. The number of hydrogen-bond acceptors (Lipinski definition) is 9. The predicted molar refractivity (Wildman–Crippen MR) is 83.8 cm³/mol. The smallest absolute Gasteiger partial charge is 0.348 e. The van der Waals surface area contributed by atoms with Crippen LogP contribution in [0.4, 0.5) is 5.13 Å². The molecule has 9 heteroatoms. The summed E-state index contributed by atoms with van der Waals surface area (Å²) >= 11 is 4.33. The van der Waals surface area contributed by atoms with E-state index in [0.717, 1.165) is 20.5 Å². The molecular weight excluding hydrogens is 328 g/mol. The second-order valence-corrected chi connectivity index (χ2v) is 6.89. The number of nitriles is 1. The van der Waals surface area contributed by atoms with E-state index in [-0.39, 0.29) is 5.57 Å². The van der Waals surface area contributed by atoms with Crippen LogP contribution in [0.3, 0.4) is 0 Å². The molecule has 0 spiro atoms. The van der Waals surface area contributed by atoms with Crippen LogP contribution in [0.15, 0.2) is 21.4 Å². The van der Waals surface area contributed by atoms with Crippen molar-refractivity contribution in [2.75, 3.05) is 12.8 Å². The molecule has 2 heterocycles. The van der Waals surface area contributed by atoms with Crippen molar-refractivity contribution in [2.45, 2.75) is 10.1 Å². The largest absolute Gasteiger partial charge is 0.465 e. The number of aromatic nitrogens is 2. The number of nitrogens with zero attached hydrogens (tertiary/aromatic N) is 3. The minimum Gasteiger partial charge on any atom is -0.465 e. The van der Waals surface area contributed by atoms with E-state index in [9.17, 15) is 4.79 Å². The number of thiophene rings is 1. The third-order valence-corrected chi connectivity index (χ3v) is 5.16. The molecule has 0 bridgehead atoms. The van der Waals surface area contributed by atoms with E-state index in [0.29, 0.717) is 5.13 Å². The molecule has 21 heavy (non-hydrogen) atoms. The van der Waals surface area contributed by atoms with Crippen LogP contribution in [-0.4, -0.2) is 23.3 Å². The summed E-state index contributed by atoms with van der Waals surface area (Å²) in [6, 6.07) is 3.75. The van der Waals surface area contributed by atoms with Crippen molar-refractivity contribution in [3.05, 3.63) is 27.5 Å². The van der Waals surface area contributed by atoms with Crippen LogP contribution in [0.2, 0.25) is 0 Å². The van der Waals surface area contributed by atoms with E-state index in [2.05, 4.69) is 14.9 Å². The van der Waals surface area contributed by atoms with Gasteiger partial charge in [0.15, 0.2) is 4.34 Å². The van der Waals surface area contributed by atoms with E-state index in [4.69, 9.17) is 11.0 Å². The molecule has 0 amide bonds. The Balaban J connectivity index is 2.03. The molecule has 0 radical (unpaired) electrons. The van der Waals surface area contributed by atoms with Gasteiger partial charge in [0.1, 0.15) is 11.6 Å². The highest BCUT2D eigenvalue weighted by atomic mass is 32.2. The van der Waals surface area contributed by atoms with Crippen LogP contribution in [0.5, 0.6) is 0 Å². The number of anilines is 1. The number of methoxy groups -OCH3 is 1. The Hall–Kier alpha value is -1.89. The normalized spacial score (nSPS) is 11.1. The number of nitrogens with two attached hydrogens (primary N) is 1. The minimum atomic E-state index is -0.633. The van der Waals surface area contributed by atoms with Gasteiger partial charge in [-0.15, -0.1) is 21.5 Å². The van der Waals surface area contributed by atoms with Gasteiger partial charge in [0.05, 0.1) is 7.11 Å². The first kappa shape index (κ1) is 15.5. The van der Waals surface area contributed by atoms with Crippen LogP contribution in [0.1, 0.15) is 10.4 Å². The molecule has 0 aliphatic carbocycles. The Morgan fingerprint density at radius 3 is 3.05 bits per heavy atom. The molecule has 0 aliphatic heterocycles. The molecule has 0 saturated heterocycles. The zero-order valence-corrected chi connectivity index (χ0v) is 13.3. The third kappa shape index (κ3) is 4.29. The van der Waals surface area contributed by atoms with Crippen molar-refractivity contribution in [3.8, 4) is 6.07 Å². The lowest BCUT2D eigenvalue weighted by Gasteiger charge is -1.94. The molecule has 0 fully saturated rings. The summed E-state index contributed by atoms with van der Waals surface area (Å²) < 4.78 is 5.34. The van der Waals surface area contributed by atoms with Gasteiger partial charge in [-0.1, -0.05) is 23.1 Å². The Kier molecular flexibility index (Phi) is 5.32. The first-order valence-corrected chi connectivity index (χ1v) is 8.30. The van der Waals surface area contributed by atoms with Crippen molar-refractivity contribution in [1.82, 2.24) is 10.2 Å². The summed E-state index contributed by atoms with van der Waals surface area (Å²) in [5, 5.41) is 19.0. The van der Waals surface area contributed by atoms with Crippen LogP contribution < -0.4 is 5.73 Å². The van der Waals surface area contributed by atoms with E-state index in [1.807, 2.05) is 17.5 Å². The number of hydrogen-bond donors (Lipinski definition) is 1. The quantitative estimate of drug-likeness (QED) is 0.387. The highest BCUT2D eigenvalue weighted by Crippen LogP contribution is 2.29. The van der Waals surface area contributed by atoms with E-state index >= 15 is 0 Å². The lowest BCUT2D eigenvalue weighted by atomic mass is 10.2. The molecule has 0 unspecified atom stereocenters. The lowest BCUT2D eigenvalue weighted by molar-refractivity contribution is -0.135. The summed E-state index contributed by atoms with van der Waals surface area (Å²) in [6.45, 7) is 0. The SMILES string of the molecule is COC(=O)C(C#N)=Cc1cc(CSc2nnc(N)s2)cs1. The maximum Gasteiger partial charge on any atom is 0.348 e. The number of thioether (sulfide) groups is 1. The summed E-state index contributed by atoms with van der Waals surface area (Å²) in [6.07, 6.45) is 1.52. The highest BCUT2D eigenvalue weighted by Gasteiger charge is 2.10. The lowest BCUT2D eigenvalue weighted by Crippen LogP contribution is -2.02. The molecule has 6 nitrogen and oxygen atoms in total. The standard InChI is InChI=1S/C12H10N4O2S3/c1-18-10(17)8(4-13)3-9-2-7(5-19-9)6-20-12-16-15-11(14)21-12/h2-3,5H,6H2,1H3,(H2,14,15). The van der Waals surface area contributed by atoms with Gasteiger partial charge in [-0.05, 0) is 23.1 Å². The molecule has 0 aromatic carbocycles. The van der Waals surface area contributed by atoms with Crippen LogP contribution in [0, 0.1) is 11.3 Å². The zero-order chi connectivity index (χ0) is 15.2. The summed E-state index contributed by atoms with van der Waals surface area (Å²) in [5.41, 5.74) is 6.57. The first-order valence-electron chi connectivity index (χ1n) is 5.61. The maximum atomic E-state index is 11.3. The van der Waals surface area contributed by atoms with Crippen molar-refractivity contribution in [1.29, 1.82) is 5.26 Å². The summed E-state index contributed by atoms with van der Waals surface area (Å²) in [4.78, 5) is 12.2. The minimum absolute atomic E-state index is 0.0181. The fraction of sp³-hybridized carbons (Fsp3) is 0.167. The summed E-state index contributed by atoms with van der Waals surface area (Å²) in [7, 11) is 1.25. The van der Waals surface area contributed by atoms with Crippen molar-refractivity contribution in [3.63, 3.8) is 0 Å². The average Bonchev–Trinajstić information content (AvgIpc) is 3.10. The Morgan fingerprint density at radius 2 is 2.43 bits per heavy atom. The molecule has 0 saturated carbocycles. The fourth-order valence-corrected chi connectivity index (χ4v) is 3.87. The van der Waals surface area contributed by atoms with Crippen LogP contribution in [0.25, 0.3) is 6.08 Å². The zero-order valence-electron chi connectivity index (χ0n) is 10.9. The van der Waals surface area contributed by atoms with Gasteiger partial charge < -0.3 is 10.5 Å². The molecule has 2 N–H and O–H groups in total. The van der Waals surface area contributed by atoms with Gasteiger partial charge in [0.25, 0.3) is 0 Å². The Bertz CT molecular complexity index is 714. The van der Waals surface area contributed by atoms with Crippen molar-refractivity contribution < 1.29 is 9.53 Å². The highest BCUT2D eigenvalue weighted by molar-refractivity contribution is 8.00. The number of rotatable bonds is 5. The monoisotopic (exact) mass is 338 g/mol. The second kappa shape index (κ2) is 7.21. The number of carbonyl (C=O) groups excluding carboxylic acids is 1. The van der Waals surface area contributed by atoms with E-state index in [1.54, 1.807) is 0 Å². The van der Waals surface area contributed by atoms with E-state index in [1.165, 1.54) is 47.6 Å². The van der Waals surface area contributed by atoms with Gasteiger partial charge in [-0.2, -0.15) is 5.26 Å². The van der Waals surface area contributed by atoms with Gasteiger partial charge in [0, 0.05) is 10.6 Å². The molecule has 2 rings (SSSR count). The first-order chi connectivity index (χ1) is 10.1. The Labute approximate surface area is 133 Å². The number of nitrogen functional groups attached to an aromatic ring is 1. The van der Waals surface area contributed by atoms with Crippen molar-refractivity contribution >= 4 is 51.6 Å². The molecule has 2 aromatic heterocycles. The number of carbonyl (C=O) groups is 1. The van der Waals surface area contributed by atoms with Crippen molar-refractivity contribution in [2.24, 2.45) is 0 Å². The maximum absolute atomic E-state index is 11.3. The fourth-order valence-electron chi connectivity index (χ4n) is 1.36. The van der Waals surface area contributed by atoms with Crippen LogP contribution >= 0.6 is 34.4 Å². The molecule has 0 atom stereocenters. The number of esters is 1.